The first-order valence-electron chi connectivity index (χ1n) is 6.97. The summed E-state index contributed by atoms with van der Waals surface area (Å²) in [4.78, 5) is 4.47. The van der Waals surface area contributed by atoms with Gasteiger partial charge in [0.1, 0.15) is 11.8 Å². The number of hydrogen-bond donors (Lipinski definition) is 2. The molecule has 0 spiro atoms. The molecule has 3 N–H and O–H groups in total. The molecule has 0 aliphatic rings. The molecule has 1 unspecified atom stereocenters. The highest BCUT2D eigenvalue weighted by molar-refractivity contribution is 5.72. The number of amidine groups is 1. The summed E-state index contributed by atoms with van der Waals surface area (Å²) >= 11 is 0. The van der Waals surface area contributed by atoms with E-state index in [4.69, 9.17) is 15.2 Å². The molecule has 0 radical (unpaired) electrons. The van der Waals surface area contributed by atoms with Crippen LogP contribution in [0.4, 0.5) is 5.69 Å². The van der Waals surface area contributed by atoms with E-state index in [-0.39, 0.29) is 12.1 Å². The second-order valence-corrected chi connectivity index (χ2v) is 4.72. The Kier molecular flexibility index (Phi) is 5.25. The highest BCUT2D eigenvalue weighted by atomic mass is 16.5. The smallest absolute Gasteiger partial charge is 0.282 e. The van der Waals surface area contributed by atoms with Crippen molar-refractivity contribution in [1.29, 1.82) is 0 Å². The Morgan fingerprint density at radius 2 is 1.82 bits per heavy atom. The van der Waals surface area contributed by atoms with E-state index in [1.807, 2.05) is 55.6 Å². The largest absolute Gasteiger partial charge is 0.497 e. The first-order valence-corrected chi connectivity index (χ1v) is 6.97. The van der Waals surface area contributed by atoms with Gasteiger partial charge in [0.2, 0.25) is 0 Å². The summed E-state index contributed by atoms with van der Waals surface area (Å²) in [5, 5.41) is 3.13. The van der Waals surface area contributed by atoms with Crippen LogP contribution >= 0.6 is 0 Å². The third kappa shape index (κ3) is 3.69. The van der Waals surface area contributed by atoms with Crippen LogP contribution in [0, 0.1) is 0 Å². The topological polar surface area (TPSA) is 68.9 Å². The zero-order valence-electron chi connectivity index (χ0n) is 13.0. The number of nitrogens with zero attached hydrogens (tertiary/aromatic N) is 1. The van der Waals surface area contributed by atoms with Gasteiger partial charge in [0.05, 0.1) is 14.2 Å². The summed E-state index contributed by atoms with van der Waals surface area (Å²) in [6.07, 6.45) is 0. The van der Waals surface area contributed by atoms with Crippen molar-refractivity contribution in [3.63, 3.8) is 0 Å². The first-order chi connectivity index (χ1) is 10.7. The zero-order chi connectivity index (χ0) is 15.9. The van der Waals surface area contributed by atoms with Gasteiger partial charge in [-0.15, -0.1) is 0 Å². The predicted octanol–water partition coefficient (Wildman–Crippen LogP) is 2.79. The Morgan fingerprint density at radius 3 is 2.41 bits per heavy atom. The lowest BCUT2D eigenvalue weighted by Crippen LogP contribution is -2.16. The van der Waals surface area contributed by atoms with Crippen LogP contribution in [0.3, 0.4) is 0 Å². The molecule has 0 bridgehead atoms. The maximum absolute atomic E-state index is 5.76. The number of methoxy groups -OCH3 is 2. The molecule has 0 heterocycles. The van der Waals surface area contributed by atoms with E-state index in [1.54, 1.807) is 7.11 Å². The summed E-state index contributed by atoms with van der Waals surface area (Å²) in [7, 11) is 5.03. The van der Waals surface area contributed by atoms with Crippen LogP contribution in [0.15, 0.2) is 53.5 Å². The van der Waals surface area contributed by atoms with E-state index >= 15 is 0 Å². The minimum Gasteiger partial charge on any atom is -0.497 e. The maximum Gasteiger partial charge on any atom is 0.282 e. The number of nitrogens with one attached hydrogen (secondary N) is 1. The van der Waals surface area contributed by atoms with Crippen molar-refractivity contribution < 1.29 is 9.47 Å². The molecule has 5 nitrogen and oxygen atoms in total. The molecule has 5 heteroatoms. The van der Waals surface area contributed by atoms with Crippen molar-refractivity contribution in [3.05, 3.63) is 59.7 Å². The molecule has 0 aliphatic heterocycles. The fraction of sp³-hybridized carbons (Fsp3) is 0.235. The molecular formula is C17H21N3O2. The second-order valence-electron chi connectivity index (χ2n) is 4.72. The Bertz CT molecular complexity index is 639. The third-order valence-corrected chi connectivity index (χ3v) is 3.39. The number of nitrogens with two attached hydrogens (primary N) is 1. The van der Waals surface area contributed by atoms with Crippen molar-refractivity contribution in [2.75, 3.05) is 26.6 Å². The lowest BCUT2D eigenvalue weighted by Gasteiger charge is -2.16. The van der Waals surface area contributed by atoms with Crippen LogP contribution in [0.25, 0.3) is 0 Å². The summed E-state index contributed by atoms with van der Waals surface area (Å²) in [6.45, 7) is 0. The lowest BCUT2D eigenvalue weighted by atomic mass is 9.98. The molecule has 0 saturated heterocycles. The summed E-state index contributed by atoms with van der Waals surface area (Å²) < 4.78 is 10.2. The quantitative estimate of drug-likeness (QED) is 0.658. The number of hydrogen-bond acceptors (Lipinski definition) is 4. The van der Waals surface area contributed by atoms with E-state index in [0.29, 0.717) is 0 Å². The summed E-state index contributed by atoms with van der Waals surface area (Å²) in [5.41, 5.74) is 8.81. The minimum absolute atomic E-state index is 0.149. The van der Waals surface area contributed by atoms with E-state index in [9.17, 15) is 0 Å². The van der Waals surface area contributed by atoms with Gasteiger partial charge in [0.15, 0.2) is 0 Å². The summed E-state index contributed by atoms with van der Waals surface area (Å²) in [5.74, 6) is 0.801. The average molecular weight is 299 g/mol. The number of ether oxygens (including phenoxy) is 2. The molecule has 0 fully saturated rings. The molecule has 116 valence electrons. The highest BCUT2D eigenvalue weighted by Crippen LogP contribution is 2.29. The minimum atomic E-state index is -0.237. The van der Waals surface area contributed by atoms with Gasteiger partial charge in [-0.05, 0) is 35.4 Å². The van der Waals surface area contributed by atoms with Crippen LogP contribution in [-0.4, -0.2) is 27.3 Å². The van der Waals surface area contributed by atoms with Crippen molar-refractivity contribution in [2.24, 2.45) is 10.7 Å². The Morgan fingerprint density at radius 1 is 1.09 bits per heavy atom. The Labute approximate surface area is 130 Å². The summed E-state index contributed by atoms with van der Waals surface area (Å²) in [6, 6.07) is 15.7. The van der Waals surface area contributed by atoms with E-state index < -0.39 is 0 Å². The second kappa shape index (κ2) is 7.36. The number of rotatable bonds is 5. The molecular weight excluding hydrogens is 278 g/mol. The maximum atomic E-state index is 5.76. The SMILES string of the molecule is CNc1cccc(C(N=C(N)OC)c2ccc(OC)cc2)c1. The van der Waals surface area contributed by atoms with Gasteiger partial charge in [-0.25, -0.2) is 4.99 Å². The fourth-order valence-electron chi connectivity index (χ4n) is 2.17. The van der Waals surface area contributed by atoms with E-state index in [2.05, 4.69) is 10.3 Å². The zero-order valence-corrected chi connectivity index (χ0v) is 13.0. The third-order valence-electron chi connectivity index (χ3n) is 3.39. The molecule has 0 saturated carbocycles. The molecule has 1 atom stereocenters. The van der Waals surface area contributed by atoms with Gasteiger partial charge in [0.25, 0.3) is 6.02 Å². The molecule has 22 heavy (non-hydrogen) atoms. The van der Waals surface area contributed by atoms with Crippen LogP contribution in [0.1, 0.15) is 17.2 Å². The lowest BCUT2D eigenvalue weighted by molar-refractivity contribution is 0.392. The molecule has 2 aromatic carbocycles. The van der Waals surface area contributed by atoms with Gasteiger partial charge < -0.3 is 20.5 Å². The van der Waals surface area contributed by atoms with E-state index in [1.165, 1.54) is 7.11 Å². The molecule has 2 rings (SSSR count). The van der Waals surface area contributed by atoms with Crippen LogP contribution in [0.5, 0.6) is 5.75 Å². The monoisotopic (exact) mass is 299 g/mol. The van der Waals surface area contributed by atoms with Gasteiger partial charge in [0, 0.05) is 12.7 Å². The van der Waals surface area contributed by atoms with Gasteiger partial charge in [-0.2, -0.15) is 0 Å². The average Bonchev–Trinajstić information content (AvgIpc) is 2.59. The van der Waals surface area contributed by atoms with Gasteiger partial charge >= 0.3 is 0 Å². The number of benzene rings is 2. The Balaban J connectivity index is 2.45. The highest BCUT2D eigenvalue weighted by Gasteiger charge is 2.14. The van der Waals surface area contributed by atoms with Crippen molar-refractivity contribution in [3.8, 4) is 5.75 Å². The van der Waals surface area contributed by atoms with Crippen LogP contribution in [0.2, 0.25) is 0 Å². The van der Waals surface area contributed by atoms with Gasteiger partial charge in [-0.3, -0.25) is 0 Å². The first kappa shape index (κ1) is 15.7. The normalized spacial score (nSPS) is 12.6. The standard InChI is InChI=1S/C17H21N3O2/c1-19-14-6-4-5-13(11-14)16(20-17(18)22-3)12-7-9-15(21-2)10-8-12/h4-11,16,19H,1-3H3,(H2,18,20). The van der Waals surface area contributed by atoms with Gasteiger partial charge in [-0.1, -0.05) is 24.3 Å². The molecule has 0 aromatic heterocycles. The number of aliphatic imine (C=N–C) groups is 1. The Hall–Kier alpha value is -2.69. The van der Waals surface area contributed by atoms with Crippen LogP contribution in [-0.2, 0) is 4.74 Å². The van der Waals surface area contributed by atoms with Crippen LogP contribution < -0.4 is 15.8 Å². The van der Waals surface area contributed by atoms with Crippen molar-refractivity contribution >= 4 is 11.7 Å². The molecule has 0 aliphatic carbocycles. The molecule has 2 aromatic rings. The van der Waals surface area contributed by atoms with E-state index in [0.717, 1.165) is 22.6 Å². The number of anilines is 1. The van der Waals surface area contributed by atoms with Crippen molar-refractivity contribution in [1.82, 2.24) is 0 Å². The fourth-order valence-corrected chi connectivity index (χ4v) is 2.17. The molecule has 0 amide bonds. The van der Waals surface area contributed by atoms with Crippen molar-refractivity contribution in [2.45, 2.75) is 6.04 Å². The predicted molar refractivity (Wildman–Crippen MR) is 89.5 cm³/mol.